The van der Waals surface area contributed by atoms with Crippen molar-refractivity contribution in [2.45, 2.75) is 59.0 Å². The average Bonchev–Trinajstić information content (AvgIpc) is 2.91. The van der Waals surface area contributed by atoms with E-state index in [4.69, 9.17) is 23.2 Å². The second-order valence-corrected chi connectivity index (χ2v) is 13.3. The molecule has 7 nitrogen and oxygen atoms in total. The van der Waals surface area contributed by atoms with Crippen LogP contribution in [0.15, 0.2) is 65.6 Å². The third-order valence-corrected chi connectivity index (χ3v) is 9.46. The van der Waals surface area contributed by atoms with Crippen molar-refractivity contribution in [2.75, 3.05) is 17.4 Å². The maximum atomic E-state index is 14.1. The number of benzene rings is 3. The number of anilines is 1. The first-order chi connectivity index (χ1) is 19.2. The molecule has 0 aliphatic carbocycles. The summed E-state index contributed by atoms with van der Waals surface area (Å²) < 4.78 is 29.2. The summed E-state index contributed by atoms with van der Waals surface area (Å²) in [5.41, 5.74) is 3.35. The van der Waals surface area contributed by atoms with Gasteiger partial charge in [0.05, 0.1) is 10.6 Å². The van der Waals surface area contributed by atoms with Gasteiger partial charge in [0.25, 0.3) is 10.0 Å². The Morgan fingerprint density at radius 2 is 1.46 bits per heavy atom. The molecule has 1 atom stereocenters. The first kappa shape index (κ1) is 32.4. The first-order valence-corrected chi connectivity index (χ1v) is 15.6. The lowest BCUT2D eigenvalue weighted by Crippen LogP contribution is -2.51. The monoisotopic (exact) mass is 617 g/mol. The van der Waals surface area contributed by atoms with Crippen molar-refractivity contribution in [3.8, 4) is 0 Å². The standard InChI is InChI=1S/C31H37Cl2N3O4S/c1-20(2)17-34-31(38)24(6)35(18-26-27(32)10-8-11-28(26)33)30(37)19-36(29-12-7-9-22(4)23(29)5)41(39,40)25-15-13-21(3)14-16-25/h7-16,20,24H,17-19H2,1-6H3,(H,34,38)/t24-/m0/s1. The van der Waals surface area contributed by atoms with E-state index in [1.54, 1.807) is 49.4 Å². The van der Waals surface area contributed by atoms with Gasteiger partial charge in [0, 0.05) is 28.7 Å². The Hall–Kier alpha value is -3.07. The van der Waals surface area contributed by atoms with Gasteiger partial charge in [-0.25, -0.2) is 8.42 Å². The van der Waals surface area contributed by atoms with E-state index in [0.29, 0.717) is 27.8 Å². The molecule has 0 aliphatic rings. The molecule has 0 bridgehead atoms. The molecule has 2 amide bonds. The van der Waals surface area contributed by atoms with Crippen LogP contribution in [0.5, 0.6) is 0 Å². The van der Waals surface area contributed by atoms with Gasteiger partial charge in [0.1, 0.15) is 12.6 Å². The van der Waals surface area contributed by atoms with Crippen molar-refractivity contribution < 1.29 is 18.0 Å². The summed E-state index contributed by atoms with van der Waals surface area (Å²) in [6.45, 7) is 10.9. The fraction of sp³-hybridized carbons (Fsp3) is 0.355. The summed E-state index contributed by atoms with van der Waals surface area (Å²) in [5.74, 6) is -0.743. The van der Waals surface area contributed by atoms with Gasteiger partial charge in [0.15, 0.2) is 0 Å². The van der Waals surface area contributed by atoms with Crippen LogP contribution in [0.4, 0.5) is 5.69 Å². The third kappa shape index (κ3) is 7.82. The maximum Gasteiger partial charge on any atom is 0.264 e. The Morgan fingerprint density at radius 1 is 0.878 bits per heavy atom. The van der Waals surface area contributed by atoms with Crippen molar-refractivity contribution in [1.29, 1.82) is 0 Å². The van der Waals surface area contributed by atoms with Gasteiger partial charge in [-0.2, -0.15) is 0 Å². The van der Waals surface area contributed by atoms with Crippen LogP contribution in [0.3, 0.4) is 0 Å². The van der Waals surface area contributed by atoms with Crippen LogP contribution in [0.25, 0.3) is 0 Å². The Morgan fingerprint density at radius 3 is 2.05 bits per heavy atom. The summed E-state index contributed by atoms with van der Waals surface area (Å²) in [6, 6.07) is 15.8. The van der Waals surface area contributed by atoms with E-state index in [9.17, 15) is 18.0 Å². The van der Waals surface area contributed by atoms with Crippen molar-refractivity contribution in [3.63, 3.8) is 0 Å². The molecule has 3 rings (SSSR count). The zero-order valence-corrected chi connectivity index (χ0v) is 26.6. The summed E-state index contributed by atoms with van der Waals surface area (Å²) in [6.07, 6.45) is 0. The lowest BCUT2D eigenvalue weighted by Gasteiger charge is -2.33. The average molecular weight is 619 g/mol. The van der Waals surface area contributed by atoms with E-state index < -0.39 is 28.5 Å². The second kappa shape index (κ2) is 13.7. The van der Waals surface area contributed by atoms with E-state index in [1.165, 1.54) is 17.0 Å². The van der Waals surface area contributed by atoms with Gasteiger partial charge in [-0.3, -0.25) is 13.9 Å². The van der Waals surface area contributed by atoms with Gasteiger partial charge < -0.3 is 10.2 Å². The zero-order chi connectivity index (χ0) is 30.5. The number of carbonyl (C=O) groups is 2. The van der Waals surface area contributed by atoms with Crippen LogP contribution in [-0.2, 0) is 26.2 Å². The van der Waals surface area contributed by atoms with Crippen molar-refractivity contribution >= 4 is 50.7 Å². The van der Waals surface area contributed by atoms with E-state index in [0.717, 1.165) is 21.0 Å². The van der Waals surface area contributed by atoms with Crippen LogP contribution >= 0.6 is 23.2 Å². The number of aryl methyl sites for hydroxylation is 2. The summed E-state index contributed by atoms with van der Waals surface area (Å²) in [5, 5.41) is 3.54. The van der Waals surface area contributed by atoms with Gasteiger partial charge in [-0.15, -0.1) is 0 Å². The fourth-order valence-electron chi connectivity index (χ4n) is 4.25. The van der Waals surface area contributed by atoms with Crippen molar-refractivity contribution in [3.05, 3.63) is 93.0 Å². The van der Waals surface area contributed by atoms with Gasteiger partial charge in [-0.05, 0) is 75.1 Å². The van der Waals surface area contributed by atoms with Crippen LogP contribution in [0.1, 0.15) is 43.0 Å². The van der Waals surface area contributed by atoms with Gasteiger partial charge in [-0.1, -0.05) is 72.9 Å². The molecule has 1 N–H and O–H groups in total. The molecular formula is C31H37Cl2N3O4S. The SMILES string of the molecule is Cc1ccc(S(=O)(=O)N(CC(=O)N(Cc2c(Cl)cccc2Cl)[C@@H](C)C(=O)NCC(C)C)c2cccc(C)c2C)cc1. The number of nitrogens with zero attached hydrogens (tertiary/aromatic N) is 2. The number of hydrogen-bond donors (Lipinski definition) is 1. The molecule has 0 radical (unpaired) electrons. The molecule has 3 aromatic rings. The number of amides is 2. The van der Waals surface area contributed by atoms with E-state index >= 15 is 0 Å². The highest BCUT2D eigenvalue weighted by molar-refractivity contribution is 7.92. The minimum atomic E-state index is -4.16. The number of hydrogen-bond acceptors (Lipinski definition) is 4. The number of rotatable bonds is 11. The highest BCUT2D eigenvalue weighted by Gasteiger charge is 2.33. The minimum Gasteiger partial charge on any atom is -0.354 e. The molecule has 0 heterocycles. The van der Waals surface area contributed by atoms with Crippen LogP contribution in [0.2, 0.25) is 10.0 Å². The minimum absolute atomic E-state index is 0.0558. The molecule has 220 valence electrons. The normalized spacial score (nSPS) is 12.2. The quantitative estimate of drug-likeness (QED) is 0.273. The molecule has 3 aromatic carbocycles. The molecule has 41 heavy (non-hydrogen) atoms. The topological polar surface area (TPSA) is 86.8 Å². The van der Waals surface area contributed by atoms with Gasteiger partial charge >= 0.3 is 0 Å². The Kier molecular flexibility index (Phi) is 10.9. The molecule has 0 spiro atoms. The van der Waals surface area contributed by atoms with Crippen molar-refractivity contribution in [1.82, 2.24) is 10.2 Å². The number of nitrogens with one attached hydrogen (secondary N) is 1. The van der Waals surface area contributed by atoms with Crippen LogP contribution < -0.4 is 9.62 Å². The lowest BCUT2D eigenvalue weighted by atomic mass is 10.1. The van der Waals surface area contributed by atoms with E-state index in [-0.39, 0.29) is 23.3 Å². The highest BCUT2D eigenvalue weighted by Crippen LogP contribution is 2.30. The van der Waals surface area contributed by atoms with Crippen LogP contribution in [0, 0.1) is 26.7 Å². The van der Waals surface area contributed by atoms with E-state index in [2.05, 4.69) is 5.32 Å². The Labute approximate surface area is 253 Å². The van der Waals surface area contributed by atoms with E-state index in [1.807, 2.05) is 40.7 Å². The number of sulfonamides is 1. The molecular weight excluding hydrogens is 581 g/mol. The molecule has 0 aliphatic heterocycles. The summed E-state index contributed by atoms with van der Waals surface area (Å²) >= 11 is 12.9. The largest absolute Gasteiger partial charge is 0.354 e. The highest BCUT2D eigenvalue weighted by atomic mass is 35.5. The molecule has 0 fully saturated rings. The maximum absolute atomic E-state index is 14.1. The van der Waals surface area contributed by atoms with Crippen LogP contribution in [-0.4, -0.2) is 44.3 Å². The third-order valence-electron chi connectivity index (χ3n) is 6.97. The Bertz CT molecular complexity index is 1490. The number of carbonyl (C=O) groups excluding carboxylic acids is 2. The molecule has 10 heteroatoms. The zero-order valence-electron chi connectivity index (χ0n) is 24.2. The van der Waals surface area contributed by atoms with Gasteiger partial charge in [0.2, 0.25) is 11.8 Å². The Balaban J connectivity index is 2.10. The smallest absolute Gasteiger partial charge is 0.264 e. The molecule has 0 unspecified atom stereocenters. The molecule has 0 saturated heterocycles. The van der Waals surface area contributed by atoms with Crippen molar-refractivity contribution in [2.24, 2.45) is 5.92 Å². The predicted octanol–water partition coefficient (Wildman–Crippen LogP) is 6.30. The lowest BCUT2D eigenvalue weighted by molar-refractivity contribution is -0.139. The number of halogens is 2. The second-order valence-electron chi connectivity index (χ2n) is 10.6. The molecule has 0 aromatic heterocycles. The summed E-state index contributed by atoms with van der Waals surface area (Å²) in [4.78, 5) is 28.7. The first-order valence-electron chi connectivity index (χ1n) is 13.4. The predicted molar refractivity (Wildman–Crippen MR) is 166 cm³/mol. The fourth-order valence-corrected chi connectivity index (χ4v) is 6.23. The summed E-state index contributed by atoms with van der Waals surface area (Å²) in [7, 11) is -4.16. The molecule has 0 saturated carbocycles.